The third kappa shape index (κ3) is 4.04. The van der Waals surface area contributed by atoms with Crippen LogP contribution >= 0.6 is 0 Å². The Morgan fingerprint density at radius 2 is 1.77 bits per heavy atom. The lowest BCUT2D eigenvalue weighted by Gasteiger charge is -2.35. The molecular weight excluding hydrogens is 457 g/mol. The first-order valence-electron chi connectivity index (χ1n) is 10.8. The number of carbonyl (C=O) groups is 3. The molecule has 1 saturated heterocycles. The Bertz CT molecular complexity index is 1400. The minimum Gasteiger partial charge on any atom is -0.378 e. The van der Waals surface area contributed by atoms with Crippen LogP contribution in [0.25, 0.3) is 16.7 Å². The van der Waals surface area contributed by atoms with Crippen molar-refractivity contribution >= 4 is 28.5 Å². The molecule has 12 heteroatoms. The Hall–Kier alpha value is -4.45. The van der Waals surface area contributed by atoms with Crippen molar-refractivity contribution in [1.82, 2.24) is 34.8 Å². The van der Waals surface area contributed by atoms with E-state index in [0.29, 0.717) is 5.56 Å². The van der Waals surface area contributed by atoms with Gasteiger partial charge in [-0.05, 0) is 5.56 Å². The molecule has 0 spiro atoms. The van der Waals surface area contributed by atoms with E-state index in [1.54, 1.807) is 30.3 Å². The number of halogens is 1. The number of carbonyl (C=O) groups excluding carboxylic acids is 3. The number of nitrogens with one attached hydrogen (secondary N) is 1. The second-order valence-corrected chi connectivity index (χ2v) is 7.99. The number of fused-ring (bicyclic) bond motifs is 1. The monoisotopic (exact) mass is 477 g/mol. The number of aromatic nitrogens is 5. The molecular formula is C23H20FN7O4. The summed E-state index contributed by atoms with van der Waals surface area (Å²) >= 11 is 0. The van der Waals surface area contributed by atoms with Gasteiger partial charge in [-0.1, -0.05) is 35.5 Å². The van der Waals surface area contributed by atoms with Crippen LogP contribution in [0.5, 0.6) is 0 Å². The second kappa shape index (κ2) is 9.06. The summed E-state index contributed by atoms with van der Waals surface area (Å²) in [7, 11) is 0. The van der Waals surface area contributed by atoms with Crippen LogP contribution in [-0.2, 0) is 9.59 Å². The van der Waals surface area contributed by atoms with Gasteiger partial charge in [0.05, 0.1) is 35.1 Å². The molecule has 1 fully saturated rings. The van der Waals surface area contributed by atoms with Gasteiger partial charge in [0.25, 0.3) is 17.6 Å². The molecule has 35 heavy (non-hydrogen) atoms. The number of aromatic amines is 1. The van der Waals surface area contributed by atoms with E-state index in [2.05, 4.69) is 20.3 Å². The number of Topliss-reactive ketones (excluding diaryl/α,β-unsaturated/α-hetero) is 1. The van der Waals surface area contributed by atoms with E-state index in [0.717, 1.165) is 6.20 Å². The number of pyridine rings is 1. The van der Waals surface area contributed by atoms with Crippen molar-refractivity contribution in [2.45, 2.75) is 6.10 Å². The predicted molar refractivity (Wildman–Crippen MR) is 120 cm³/mol. The van der Waals surface area contributed by atoms with Crippen molar-refractivity contribution in [2.75, 3.05) is 26.2 Å². The zero-order valence-electron chi connectivity index (χ0n) is 18.3. The highest BCUT2D eigenvalue weighted by Crippen LogP contribution is 2.26. The first kappa shape index (κ1) is 22.3. The fourth-order valence-electron chi connectivity index (χ4n) is 4.11. The zero-order valence-corrected chi connectivity index (χ0v) is 18.3. The average molecular weight is 477 g/mol. The van der Waals surface area contributed by atoms with Crippen LogP contribution in [-0.4, -0.2) is 83.6 Å². The summed E-state index contributed by atoms with van der Waals surface area (Å²) in [6, 6.07) is 8.56. The lowest BCUT2D eigenvalue weighted by Crippen LogP contribution is -2.53. The molecule has 178 valence electrons. The maximum absolute atomic E-state index is 14.7. The Balaban J connectivity index is 1.30. The van der Waals surface area contributed by atoms with Gasteiger partial charge in [0.2, 0.25) is 0 Å². The minimum absolute atomic E-state index is 0.0661. The minimum atomic E-state index is -1.30. The molecule has 1 aromatic carbocycles. The van der Waals surface area contributed by atoms with Crippen LogP contribution in [0.3, 0.4) is 0 Å². The Kier molecular flexibility index (Phi) is 5.79. The molecule has 1 atom stereocenters. The first-order chi connectivity index (χ1) is 17.0. The SMILES string of the molecule is O=C(C(=O)N1CCN(C(=O)C(O)c2ccccc2)CC1)c1c[nH]c2c(-n3ccnn3)ncc(F)c12. The number of amides is 2. The summed E-state index contributed by atoms with van der Waals surface area (Å²) in [5.41, 5.74) is 0.563. The lowest BCUT2D eigenvalue weighted by atomic mass is 10.1. The van der Waals surface area contributed by atoms with Crippen molar-refractivity contribution < 1.29 is 23.9 Å². The van der Waals surface area contributed by atoms with Gasteiger partial charge in [-0.15, -0.1) is 5.10 Å². The largest absolute Gasteiger partial charge is 0.378 e. The van der Waals surface area contributed by atoms with Crippen LogP contribution < -0.4 is 0 Å². The maximum atomic E-state index is 14.7. The molecule has 5 rings (SSSR count). The molecule has 11 nitrogen and oxygen atoms in total. The van der Waals surface area contributed by atoms with Crippen molar-refractivity contribution in [3.8, 4) is 5.82 Å². The van der Waals surface area contributed by atoms with Gasteiger partial charge in [0.15, 0.2) is 17.7 Å². The van der Waals surface area contributed by atoms with Crippen LogP contribution in [0.15, 0.2) is 55.1 Å². The molecule has 4 heterocycles. The van der Waals surface area contributed by atoms with Gasteiger partial charge in [0.1, 0.15) is 0 Å². The molecule has 0 bridgehead atoms. The molecule has 4 aromatic rings. The van der Waals surface area contributed by atoms with E-state index in [9.17, 15) is 23.9 Å². The maximum Gasteiger partial charge on any atom is 0.295 e. The number of hydrogen-bond donors (Lipinski definition) is 2. The van der Waals surface area contributed by atoms with E-state index in [1.165, 1.54) is 33.1 Å². The predicted octanol–water partition coefficient (Wildman–Crippen LogP) is 0.870. The van der Waals surface area contributed by atoms with E-state index < -0.39 is 29.5 Å². The average Bonchev–Trinajstić information content (AvgIpc) is 3.59. The Morgan fingerprint density at radius 1 is 1.06 bits per heavy atom. The van der Waals surface area contributed by atoms with Crippen LogP contribution in [0, 0.1) is 5.82 Å². The summed E-state index contributed by atoms with van der Waals surface area (Å²) in [5, 5.41) is 17.8. The highest BCUT2D eigenvalue weighted by molar-refractivity contribution is 6.45. The van der Waals surface area contributed by atoms with Crippen molar-refractivity contribution in [2.24, 2.45) is 0 Å². The summed E-state index contributed by atoms with van der Waals surface area (Å²) in [6.45, 7) is 0.525. The number of hydrogen-bond acceptors (Lipinski definition) is 7. The van der Waals surface area contributed by atoms with E-state index >= 15 is 0 Å². The Morgan fingerprint density at radius 3 is 2.46 bits per heavy atom. The molecule has 0 aliphatic carbocycles. The van der Waals surface area contributed by atoms with E-state index in [4.69, 9.17) is 0 Å². The van der Waals surface area contributed by atoms with Crippen molar-refractivity contribution in [3.05, 3.63) is 72.1 Å². The first-order valence-corrected chi connectivity index (χ1v) is 10.8. The van der Waals surface area contributed by atoms with Gasteiger partial charge < -0.3 is 19.9 Å². The Labute approximate surface area is 197 Å². The number of nitrogens with zero attached hydrogens (tertiary/aromatic N) is 6. The van der Waals surface area contributed by atoms with Crippen LogP contribution in [0.1, 0.15) is 22.0 Å². The van der Waals surface area contributed by atoms with Gasteiger partial charge in [-0.2, -0.15) is 0 Å². The lowest BCUT2D eigenvalue weighted by molar-refractivity contribution is -0.144. The number of benzene rings is 1. The molecule has 0 radical (unpaired) electrons. The van der Waals surface area contributed by atoms with Crippen molar-refractivity contribution in [3.63, 3.8) is 0 Å². The van der Waals surface area contributed by atoms with Gasteiger partial charge >= 0.3 is 0 Å². The van der Waals surface area contributed by atoms with Gasteiger partial charge in [0, 0.05) is 32.4 Å². The number of aliphatic hydroxyl groups is 1. The van der Waals surface area contributed by atoms with Crippen LogP contribution in [0.4, 0.5) is 4.39 Å². The summed E-state index contributed by atoms with van der Waals surface area (Å²) < 4.78 is 16.0. The third-order valence-corrected chi connectivity index (χ3v) is 5.95. The quantitative estimate of drug-likeness (QED) is 0.321. The molecule has 1 unspecified atom stereocenters. The molecule has 0 saturated carbocycles. The number of rotatable bonds is 5. The van der Waals surface area contributed by atoms with E-state index in [-0.39, 0.29) is 48.5 Å². The molecule has 2 N–H and O–H groups in total. The standard InChI is InChI=1S/C23H20FN7O4/c24-16-13-26-21(31-7-6-27-28-31)18-17(16)15(12-25-18)20(33)23(35)30-10-8-29(9-11-30)22(34)19(32)14-4-2-1-3-5-14/h1-7,12-13,19,25,32H,8-11H2. The fourth-order valence-corrected chi connectivity index (χ4v) is 4.11. The number of H-pyrrole nitrogens is 1. The summed E-state index contributed by atoms with van der Waals surface area (Å²) in [6.07, 6.45) is 3.87. The topological polar surface area (TPSA) is 137 Å². The molecule has 2 amide bonds. The van der Waals surface area contributed by atoms with Gasteiger partial charge in [-0.3, -0.25) is 14.4 Å². The third-order valence-electron chi connectivity index (χ3n) is 5.95. The van der Waals surface area contributed by atoms with Crippen LogP contribution in [0.2, 0.25) is 0 Å². The number of aliphatic hydroxyl groups excluding tert-OH is 1. The normalized spacial score (nSPS) is 14.8. The number of piperazine rings is 1. The highest BCUT2D eigenvalue weighted by atomic mass is 19.1. The molecule has 1 aliphatic heterocycles. The van der Waals surface area contributed by atoms with Gasteiger partial charge in [-0.25, -0.2) is 14.1 Å². The second-order valence-electron chi connectivity index (χ2n) is 7.99. The highest BCUT2D eigenvalue weighted by Gasteiger charge is 2.32. The zero-order chi connectivity index (χ0) is 24.5. The number of ketones is 1. The van der Waals surface area contributed by atoms with E-state index in [1.807, 2.05) is 0 Å². The molecule has 1 aliphatic rings. The summed E-state index contributed by atoms with van der Waals surface area (Å²) in [4.78, 5) is 48.2. The summed E-state index contributed by atoms with van der Waals surface area (Å²) in [5.74, 6) is -2.68. The van der Waals surface area contributed by atoms with Crippen molar-refractivity contribution in [1.29, 1.82) is 0 Å². The fraction of sp³-hybridized carbons (Fsp3) is 0.217. The molecule has 3 aromatic heterocycles. The smallest absolute Gasteiger partial charge is 0.295 e.